The highest BCUT2D eigenvalue weighted by Gasteiger charge is 2.58. The van der Waals surface area contributed by atoms with Crippen LogP contribution in [0.3, 0.4) is 0 Å². The number of esters is 3. The molecule has 8 heterocycles. The van der Waals surface area contributed by atoms with Crippen LogP contribution in [-0.2, 0) is 125 Å². The molecule has 0 aromatic heterocycles. The summed E-state index contributed by atoms with van der Waals surface area (Å²) in [5.41, 5.74) is 1.53. The number of fused-ring (bicyclic) bond motifs is 1. The summed E-state index contributed by atoms with van der Waals surface area (Å²) in [7, 11) is 8.05. The Morgan fingerprint density at radius 3 is 1.13 bits per heavy atom. The monoisotopic (exact) mass is 1540 g/mol. The average molecular weight is 1540 g/mol. The van der Waals surface area contributed by atoms with Crippen LogP contribution in [0.15, 0.2) is 54.6 Å². The van der Waals surface area contributed by atoms with Crippen LogP contribution in [0.2, 0.25) is 0 Å². The number of hydrogen-bond donors (Lipinski definition) is 0. The lowest BCUT2D eigenvalue weighted by Crippen LogP contribution is -2.64. The van der Waals surface area contributed by atoms with Crippen molar-refractivity contribution in [2.45, 2.75) is 259 Å². The van der Waals surface area contributed by atoms with Crippen LogP contribution < -0.4 is 0 Å². The molecule has 2 aromatic carbocycles. The summed E-state index contributed by atoms with van der Waals surface area (Å²) in [6, 6.07) is 16.6. The average Bonchev–Trinajstić information content (AvgIpc) is 1.61. The van der Waals surface area contributed by atoms with Gasteiger partial charge in [0.15, 0.2) is 43.8 Å². The van der Waals surface area contributed by atoms with Crippen LogP contribution in [0.1, 0.15) is 137 Å². The van der Waals surface area contributed by atoms with E-state index in [-0.39, 0.29) is 116 Å². The van der Waals surface area contributed by atoms with Crippen LogP contribution >= 0.6 is 0 Å². The summed E-state index contributed by atoms with van der Waals surface area (Å²) in [5, 5.41) is 0. The van der Waals surface area contributed by atoms with Gasteiger partial charge in [0.2, 0.25) is 0 Å². The molecule has 7 fully saturated rings. The summed E-state index contributed by atoms with van der Waals surface area (Å²) in [6.07, 6.45) is -17.7. The molecule has 0 spiro atoms. The second-order valence-electron chi connectivity index (χ2n) is 31.8. The number of rotatable bonds is 31. The summed E-state index contributed by atoms with van der Waals surface area (Å²) in [5.74, 6) is -5.59. The van der Waals surface area contributed by atoms with Crippen molar-refractivity contribution < 1.29 is 128 Å². The maximum atomic E-state index is 14.4. The Balaban J connectivity index is 0.854. The quantitative estimate of drug-likeness (QED) is 0.0387. The van der Waals surface area contributed by atoms with Crippen LogP contribution in [0, 0.1) is 71.0 Å². The van der Waals surface area contributed by atoms with Gasteiger partial charge in [0.25, 0.3) is 11.8 Å². The fourth-order valence-electron chi connectivity index (χ4n) is 17.2. The first-order chi connectivity index (χ1) is 52.0. The Bertz CT molecular complexity index is 3200. The van der Waals surface area contributed by atoms with Gasteiger partial charge in [0.1, 0.15) is 62.0 Å². The highest BCUT2D eigenvalue weighted by atomic mass is 16.8. The van der Waals surface area contributed by atoms with Gasteiger partial charge >= 0.3 is 17.9 Å². The number of nitrogens with zero attached hydrogens (tertiary/aromatic N) is 1. The minimum Gasteiger partial charge on any atom is -0.463 e. The van der Waals surface area contributed by atoms with E-state index >= 15 is 0 Å². The van der Waals surface area contributed by atoms with Gasteiger partial charge < -0.3 is 104 Å². The molecule has 2 aromatic rings. The topological polar surface area (TPSA) is 292 Å². The fourth-order valence-corrected chi connectivity index (χ4v) is 17.2. The number of carbonyl (C=O) groups excluding carboxylic acids is 5. The minimum absolute atomic E-state index is 0.00537. The molecule has 28 heteroatoms. The predicted octanol–water partition coefficient (Wildman–Crippen LogP) is 8.61. The van der Waals surface area contributed by atoms with Crippen molar-refractivity contribution in [2.24, 2.45) is 71.0 Å². The van der Waals surface area contributed by atoms with Crippen molar-refractivity contribution in [1.29, 1.82) is 0 Å². The molecule has 35 atom stereocenters. The molecule has 10 rings (SSSR count). The van der Waals surface area contributed by atoms with Crippen molar-refractivity contribution in [1.82, 2.24) is 4.90 Å². The molecule has 2 amide bonds. The second kappa shape index (κ2) is 39.0. The number of hydrogen-bond acceptors (Lipinski definition) is 27. The molecule has 8 aliphatic heterocycles. The smallest absolute Gasteiger partial charge is 0.303 e. The van der Waals surface area contributed by atoms with E-state index in [2.05, 4.69) is 48.5 Å². The van der Waals surface area contributed by atoms with E-state index in [4.69, 9.17) is 104 Å². The molecule has 0 aliphatic carbocycles. The van der Waals surface area contributed by atoms with Gasteiger partial charge in [-0.25, -0.2) is 0 Å². The fraction of sp³-hybridized carbons (Fsp3) is 0.790. The summed E-state index contributed by atoms with van der Waals surface area (Å²) < 4.78 is 144. The number of ether oxygens (including phenoxy) is 22. The number of amides is 2. The van der Waals surface area contributed by atoms with E-state index in [9.17, 15) is 24.0 Å². The Morgan fingerprint density at radius 2 is 0.688 bits per heavy atom. The predicted molar refractivity (Wildman–Crippen MR) is 389 cm³/mol. The van der Waals surface area contributed by atoms with Gasteiger partial charge in [-0.2, -0.15) is 0 Å². The van der Waals surface area contributed by atoms with E-state index < -0.39 is 177 Å². The minimum atomic E-state index is -1.36. The third-order valence-electron chi connectivity index (χ3n) is 24.8. The molecule has 0 bridgehead atoms. The molecule has 14 unspecified atom stereocenters. The molecule has 28 nitrogen and oxygen atoms in total. The highest BCUT2D eigenvalue weighted by Crippen LogP contribution is 2.47. The van der Waals surface area contributed by atoms with Crippen LogP contribution in [0.25, 0.3) is 0 Å². The standard InChI is InChI=1S/C81H123NO27/c1-39-41(3)59(37-94-52(14)83)99-76(45(39)7)106-70-50(12)73(97-54(16)85)81(103-64(70)38-95-53(15)84)107-65-43(5)46(8)77(98-58(65)31-82-74(86)56-29-25-26-30-57(56)75(82)87)104-68-48(10)72(92-21)80(102-61(68)34-89-18)109-67-44(6)47(9)78(100-60(67)33-88-17)105-69-49(11)71(91-20)79(101-62(69)35-90-19)108-66-42(4)40(2)51(13)96-63(66)36-93-32-55-27-23-22-24-28-55/h22-30,39-51,58-73,76-81H,31-38H2,1-21H3/t39?,40?,41-,42+,43+,44?,45?,46?,47?,48-,49?,50?,51-,58?,59-,60-,61?,62-,63?,64-,65-,66-,67-,68-,69-,70-,71?,72?,73?,76+,77+,78+,79-,80-,81-/m0/s1. The van der Waals surface area contributed by atoms with Crippen molar-refractivity contribution in [2.75, 3.05) is 81.7 Å². The van der Waals surface area contributed by atoms with Gasteiger partial charge in [0, 0.05) is 91.8 Å². The first-order valence-corrected chi connectivity index (χ1v) is 39.1. The Kier molecular flexibility index (Phi) is 31.0. The maximum absolute atomic E-state index is 14.4. The van der Waals surface area contributed by atoms with Gasteiger partial charge in [-0.1, -0.05) is 126 Å². The van der Waals surface area contributed by atoms with Gasteiger partial charge in [-0.15, -0.1) is 0 Å². The van der Waals surface area contributed by atoms with Gasteiger partial charge in [-0.3, -0.25) is 28.9 Å². The summed E-state index contributed by atoms with van der Waals surface area (Å²) >= 11 is 0. The summed E-state index contributed by atoms with van der Waals surface area (Å²) in [6.45, 7) is 30.9. The van der Waals surface area contributed by atoms with Gasteiger partial charge in [0.05, 0.1) is 99.5 Å². The molecule has 0 saturated carbocycles. The first-order valence-electron chi connectivity index (χ1n) is 39.1. The zero-order chi connectivity index (χ0) is 79.0. The van der Waals surface area contributed by atoms with Gasteiger partial charge in [-0.05, 0) is 60.1 Å². The third-order valence-corrected chi connectivity index (χ3v) is 24.8. The van der Waals surface area contributed by atoms with Crippen molar-refractivity contribution in [3.8, 4) is 0 Å². The highest BCUT2D eigenvalue weighted by molar-refractivity contribution is 6.21. The van der Waals surface area contributed by atoms with Crippen LogP contribution in [0.4, 0.5) is 0 Å². The second-order valence-corrected chi connectivity index (χ2v) is 31.8. The lowest BCUT2D eigenvalue weighted by Gasteiger charge is -2.52. The number of methoxy groups -OCH3 is 5. The molecular weight excluding hydrogens is 1420 g/mol. The Morgan fingerprint density at radius 1 is 0.339 bits per heavy atom. The molecular formula is C81H123NO27. The maximum Gasteiger partial charge on any atom is 0.303 e. The number of imide groups is 1. The van der Waals surface area contributed by atoms with Crippen molar-refractivity contribution in [3.63, 3.8) is 0 Å². The Hall–Kier alpha value is -4.77. The molecule has 8 aliphatic rings. The van der Waals surface area contributed by atoms with E-state index in [0.29, 0.717) is 13.2 Å². The SMILES string of the molecule is COCC1O[C@@H](O[C@H]2C(C)C(C)[C@@H](O[C@H]3C(C)C(OC)[C@H](O[C@@H]4C(COCc5ccccc5)O[C@@H](C)C(C)[C@H]4C)O[C@H]3COC)O[C@H]2COC)C(OC)[C@@H](C)[C@@H]1O[C@H]1OC(CN2C(=O)c3ccccc3C2=O)[C@@H](O[C@@H]2O[C@@H](COC(C)=O)[C@@H](O[C@H]3O[C@@H](COC(C)=O)[C@@H](C)C(C)C3C)C(C)C2OC(C)=O)[C@H](C)C1C. The zero-order valence-corrected chi connectivity index (χ0v) is 67.5. The molecule has 7 saturated heterocycles. The molecule has 109 heavy (non-hydrogen) atoms. The van der Waals surface area contributed by atoms with Crippen LogP contribution in [-0.4, -0.2) is 258 Å². The van der Waals surface area contributed by atoms with E-state index in [0.717, 1.165) is 10.5 Å². The first kappa shape index (κ1) is 86.6. The van der Waals surface area contributed by atoms with E-state index in [1.54, 1.807) is 59.8 Å². The van der Waals surface area contributed by atoms with Crippen molar-refractivity contribution >= 4 is 29.7 Å². The number of carbonyl (C=O) groups is 5. The molecule has 0 radical (unpaired) electrons. The van der Waals surface area contributed by atoms with E-state index in [1.165, 1.54) is 20.8 Å². The summed E-state index contributed by atoms with van der Waals surface area (Å²) in [4.78, 5) is 67.7. The largest absolute Gasteiger partial charge is 0.463 e. The van der Waals surface area contributed by atoms with E-state index in [1.807, 2.05) is 71.9 Å². The molecule has 0 N–H and O–H groups in total. The Labute approximate surface area is 643 Å². The van der Waals surface area contributed by atoms with Crippen LogP contribution in [0.5, 0.6) is 0 Å². The zero-order valence-electron chi connectivity index (χ0n) is 67.5. The lowest BCUT2D eigenvalue weighted by atomic mass is 9.79. The normalized spacial score (nSPS) is 42.0. The van der Waals surface area contributed by atoms with Crippen molar-refractivity contribution in [3.05, 3.63) is 71.3 Å². The molecule has 614 valence electrons. The lowest BCUT2D eigenvalue weighted by molar-refractivity contribution is -0.381. The number of benzene rings is 2. The third kappa shape index (κ3) is 19.8.